The first kappa shape index (κ1) is 21.0. The van der Waals surface area contributed by atoms with Gasteiger partial charge in [0.1, 0.15) is 5.82 Å². The lowest BCUT2D eigenvalue weighted by atomic mass is 9.96. The third-order valence-corrected chi connectivity index (χ3v) is 5.32. The second-order valence-corrected chi connectivity index (χ2v) is 7.28. The zero-order valence-corrected chi connectivity index (χ0v) is 17.7. The largest absolute Gasteiger partial charge is 0.493 e. The minimum atomic E-state index is -0.0133. The summed E-state index contributed by atoms with van der Waals surface area (Å²) in [5.41, 5.74) is 0.885. The van der Waals surface area contributed by atoms with Crippen molar-refractivity contribution in [3.8, 4) is 17.2 Å². The highest BCUT2D eigenvalue weighted by Crippen LogP contribution is 2.38. The van der Waals surface area contributed by atoms with Crippen LogP contribution in [0.4, 0.5) is 5.82 Å². The highest BCUT2D eigenvalue weighted by Gasteiger charge is 2.25. The molecule has 1 amide bonds. The van der Waals surface area contributed by atoms with Crippen molar-refractivity contribution >= 4 is 23.3 Å². The van der Waals surface area contributed by atoms with Gasteiger partial charge in [-0.05, 0) is 42.7 Å². The maximum atomic E-state index is 12.6. The number of methoxy groups -OCH3 is 3. The van der Waals surface area contributed by atoms with Crippen LogP contribution in [-0.4, -0.2) is 45.3 Å². The summed E-state index contributed by atoms with van der Waals surface area (Å²) in [7, 11) is 4.71. The molecular weight excluding hydrogens is 394 g/mol. The smallest absolute Gasteiger partial charge is 0.223 e. The summed E-state index contributed by atoms with van der Waals surface area (Å²) in [6.45, 7) is 1.97. The highest BCUT2D eigenvalue weighted by molar-refractivity contribution is 6.30. The van der Waals surface area contributed by atoms with Gasteiger partial charge < -0.3 is 24.4 Å². The maximum Gasteiger partial charge on any atom is 0.223 e. The predicted molar refractivity (Wildman–Crippen MR) is 112 cm³/mol. The second-order valence-electron chi connectivity index (χ2n) is 6.85. The summed E-state index contributed by atoms with van der Waals surface area (Å²) < 4.78 is 16.1. The lowest BCUT2D eigenvalue weighted by molar-refractivity contribution is -0.125. The van der Waals surface area contributed by atoms with Gasteiger partial charge in [-0.25, -0.2) is 4.98 Å². The molecule has 1 aliphatic heterocycles. The molecule has 7 nitrogen and oxygen atoms in total. The van der Waals surface area contributed by atoms with Crippen LogP contribution in [0.3, 0.4) is 0 Å². The number of halogens is 1. The van der Waals surface area contributed by atoms with E-state index in [4.69, 9.17) is 25.8 Å². The number of ether oxygens (including phenoxy) is 3. The number of rotatable bonds is 7. The molecular formula is C21H26ClN3O4. The number of carbonyl (C=O) groups is 1. The van der Waals surface area contributed by atoms with Crippen molar-refractivity contribution in [1.82, 2.24) is 10.3 Å². The normalized spacial score (nSPS) is 14.4. The van der Waals surface area contributed by atoms with Crippen LogP contribution in [-0.2, 0) is 11.3 Å². The molecule has 0 unspecified atom stereocenters. The van der Waals surface area contributed by atoms with Crippen molar-refractivity contribution in [2.24, 2.45) is 5.92 Å². The Labute approximate surface area is 175 Å². The summed E-state index contributed by atoms with van der Waals surface area (Å²) in [6, 6.07) is 7.43. The molecule has 1 aromatic heterocycles. The highest BCUT2D eigenvalue weighted by atomic mass is 35.5. The summed E-state index contributed by atoms with van der Waals surface area (Å²) in [5, 5.41) is 3.65. The zero-order valence-electron chi connectivity index (χ0n) is 16.9. The zero-order chi connectivity index (χ0) is 20.8. The fourth-order valence-corrected chi connectivity index (χ4v) is 3.61. The van der Waals surface area contributed by atoms with E-state index in [1.165, 1.54) is 0 Å². The van der Waals surface area contributed by atoms with E-state index in [2.05, 4.69) is 15.2 Å². The molecule has 2 heterocycles. The molecule has 0 bridgehead atoms. The van der Waals surface area contributed by atoms with Crippen molar-refractivity contribution < 1.29 is 19.0 Å². The Hall–Kier alpha value is -2.67. The fraction of sp³-hybridized carbons (Fsp3) is 0.429. The average molecular weight is 420 g/mol. The van der Waals surface area contributed by atoms with Crippen LogP contribution in [0.5, 0.6) is 17.2 Å². The topological polar surface area (TPSA) is 72.9 Å². The van der Waals surface area contributed by atoms with Crippen molar-refractivity contribution in [3.63, 3.8) is 0 Å². The Morgan fingerprint density at radius 1 is 1.14 bits per heavy atom. The summed E-state index contributed by atoms with van der Waals surface area (Å²) in [4.78, 5) is 19.2. The molecule has 2 aromatic rings. The van der Waals surface area contributed by atoms with Gasteiger partial charge in [-0.3, -0.25) is 4.79 Å². The number of aromatic nitrogens is 1. The van der Waals surface area contributed by atoms with Crippen LogP contribution in [0.1, 0.15) is 18.4 Å². The number of pyridine rings is 1. The predicted octanol–water partition coefficient (Wildman–Crippen LogP) is 3.29. The maximum absolute atomic E-state index is 12.6. The Morgan fingerprint density at radius 3 is 2.31 bits per heavy atom. The molecule has 1 N–H and O–H groups in total. The van der Waals surface area contributed by atoms with Gasteiger partial charge in [0.2, 0.25) is 11.7 Å². The molecule has 29 heavy (non-hydrogen) atoms. The van der Waals surface area contributed by atoms with E-state index in [1.807, 2.05) is 24.3 Å². The summed E-state index contributed by atoms with van der Waals surface area (Å²) in [6.07, 6.45) is 3.21. The lowest BCUT2D eigenvalue weighted by Crippen LogP contribution is -2.40. The number of benzene rings is 1. The quantitative estimate of drug-likeness (QED) is 0.742. The van der Waals surface area contributed by atoms with Crippen molar-refractivity contribution in [2.75, 3.05) is 39.3 Å². The lowest BCUT2D eigenvalue weighted by Gasteiger charge is -2.32. The average Bonchev–Trinajstić information content (AvgIpc) is 2.77. The monoisotopic (exact) mass is 419 g/mol. The fourth-order valence-electron chi connectivity index (χ4n) is 3.50. The number of nitrogens with one attached hydrogen (secondary N) is 1. The summed E-state index contributed by atoms with van der Waals surface area (Å²) in [5.74, 6) is 2.61. The van der Waals surface area contributed by atoms with Gasteiger partial charge in [0.25, 0.3) is 0 Å². The number of anilines is 1. The van der Waals surface area contributed by atoms with E-state index in [9.17, 15) is 4.79 Å². The SMILES string of the molecule is COc1cc(CNC(=O)C2CCN(c3ccc(Cl)cn3)CC2)cc(OC)c1OC. The molecule has 8 heteroatoms. The van der Waals surface area contributed by atoms with E-state index in [0.29, 0.717) is 28.8 Å². The van der Waals surface area contributed by atoms with Crippen LogP contribution in [0, 0.1) is 5.92 Å². The molecule has 1 aromatic carbocycles. The Bertz CT molecular complexity index is 811. The van der Waals surface area contributed by atoms with Gasteiger partial charge in [-0.15, -0.1) is 0 Å². The first-order chi connectivity index (χ1) is 14.0. The molecule has 0 spiro atoms. The Morgan fingerprint density at radius 2 is 1.79 bits per heavy atom. The number of piperidine rings is 1. The van der Waals surface area contributed by atoms with Crippen molar-refractivity contribution in [2.45, 2.75) is 19.4 Å². The van der Waals surface area contributed by atoms with E-state index in [0.717, 1.165) is 37.3 Å². The number of amides is 1. The van der Waals surface area contributed by atoms with Gasteiger partial charge in [0, 0.05) is 31.7 Å². The number of nitrogens with zero attached hydrogens (tertiary/aromatic N) is 2. The van der Waals surface area contributed by atoms with Crippen LogP contribution < -0.4 is 24.4 Å². The molecule has 1 aliphatic rings. The van der Waals surface area contributed by atoms with Crippen LogP contribution in [0.15, 0.2) is 30.5 Å². The van der Waals surface area contributed by atoms with Gasteiger partial charge in [0.05, 0.1) is 26.4 Å². The molecule has 1 fully saturated rings. The van der Waals surface area contributed by atoms with Crippen LogP contribution >= 0.6 is 11.6 Å². The van der Waals surface area contributed by atoms with Crippen LogP contribution in [0.2, 0.25) is 5.02 Å². The first-order valence-electron chi connectivity index (χ1n) is 9.48. The van der Waals surface area contributed by atoms with Gasteiger partial charge in [0.15, 0.2) is 11.5 Å². The molecule has 0 atom stereocenters. The standard InChI is InChI=1S/C21H26ClN3O4/c1-27-17-10-14(11-18(28-2)20(17)29-3)12-24-21(26)15-6-8-25(9-7-15)19-5-4-16(22)13-23-19/h4-5,10-11,13,15H,6-9,12H2,1-3H3,(H,24,26). The first-order valence-corrected chi connectivity index (χ1v) is 9.86. The van der Waals surface area contributed by atoms with Crippen molar-refractivity contribution in [1.29, 1.82) is 0 Å². The summed E-state index contributed by atoms with van der Waals surface area (Å²) >= 11 is 5.90. The molecule has 0 saturated carbocycles. The number of carbonyl (C=O) groups excluding carboxylic acids is 1. The number of hydrogen-bond donors (Lipinski definition) is 1. The van der Waals surface area contributed by atoms with E-state index < -0.39 is 0 Å². The second kappa shape index (κ2) is 9.69. The van der Waals surface area contributed by atoms with E-state index in [1.54, 1.807) is 27.5 Å². The van der Waals surface area contributed by atoms with Crippen molar-refractivity contribution in [3.05, 3.63) is 41.0 Å². The third-order valence-electron chi connectivity index (χ3n) is 5.09. The Balaban J connectivity index is 1.56. The third kappa shape index (κ3) is 5.03. The molecule has 0 aliphatic carbocycles. The van der Waals surface area contributed by atoms with E-state index in [-0.39, 0.29) is 11.8 Å². The Kier molecular flexibility index (Phi) is 7.04. The van der Waals surface area contributed by atoms with Gasteiger partial charge in [-0.1, -0.05) is 11.6 Å². The van der Waals surface area contributed by atoms with E-state index >= 15 is 0 Å². The molecule has 3 rings (SSSR count). The minimum absolute atomic E-state index is 0.0133. The molecule has 0 radical (unpaired) electrons. The number of hydrogen-bond acceptors (Lipinski definition) is 6. The van der Waals surface area contributed by atoms with Gasteiger partial charge in [-0.2, -0.15) is 0 Å². The van der Waals surface area contributed by atoms with Gasteiger partial charge >= 0.3 is 0 Å². The molecule has 1 saturated heterocycles. The molecule has 156 valence electrons. The minimum Gasteiger partial charge on any atom is -0.493 e. The van der Waals surface area contributed by atoms with Crippen LogP contribution in [0.25, 0.3) is 0 Å².